The van der Waals surface area contributed by atoms with Crippen LogP contribution in [0.2, 0.25) is 0 Å². The molecule has 1 aromatic carbocycles. The Hall–Kier alpha value is -1.23. The minimum Gasteiger partial charge on any atom is -0.484 e. The molecule has 0 bridgehead atoms. The van der Waals surface area contributed by atoms with Gasteiger partial charge in [0.2, 0.25) is 0 Å². The van der Waals surface area contributed by atoms with Crippen molar-refractivity contribution in [3.8, 4) is 5.75 Å². The van der Waals surface area contributed by atoms with Gasteiger partial charge in [-0.15, -0.1) is 24.0 Å². The van der Waals surface area contributed by atoms with E-state index >= 15 is 0 Å². The molecular weight excluding hydrogens is 496 g/mol. The summed E-state index contributed by atoms with van der Waals surface area (Å²) in [6.07, 6.45) is 2.13. The molecule has 3 rings (SSSR count). The van der Waals surface area contributed by atoms with Crippen LogP contribution in [-0.2, 0) is 6.54 Å². The Morgan fingerprint density at radius 3 is 2.48 bits per heavy atom. The van der Waals surface area contributed by atoms with Crippen molar-refractivity contribution in [2.24, 2.45) is 4.99 Å². The minimum atomic E-state index is -4.33. The lowest BCUT2D eigenvalue weighted by atomic mass is 10.2. The highest BCUT2D eigenvalue weighted by Gasteiger charge is 2.30. The van der Waals surface area contributed by atoms with Crippen molar-refractivity contribution < 1.29 is 17.9 Å². The van der Waals surface area contributed by atoms with E-state index in [1.807, 2.05) is 0 Å². The zero-order valence-electron chi connectivity index (χ0n) is 16.7. The first-order valence-electron chi connectivity index (χ1n) is 9.92. The van der Waals surface area contributed by atoms with Gasteiger partial charge in [0, 0.05) is 38.8 Å². The van der Waals surface area contributed by atoms with Crippen LogP contribution in [0.1, 0.15) is 37.7 Å². The van der Waals surface area contributed by atoms with Crippen LogP contribution < -0.4 is 15.4 Å². The fourth-order valence-electron chi connectivity index (χ4n) is 3.95. The van der Waals surface area contributed by atoms with E-state index in [1.54, 1.807) is 31.3 Å². The van der Waals surface area contributed by atoms with Crippen LogP contribution in [0, 0.1) is 0 Å². The highest BCUT2D eigenvalue weighted by atomic mass is 127. The lowest BCUT2D eigenvalue weighted by Crippen LogP contribution is -2.45. The zero-order chi connectivity index (χ0) is 20.0. The van der Waals surface area contributed by atoms with Gasteiger partial charge >= 0.3 is 6.18 Å². The Morgan fingerprint density at radius 2 is 1.86 bits per heavy atom. The van der Waals surface area contributed by atoms with Crippen LogP contribution in [0.25, 0.3) is 0 Å². The van der Waals surface area contributed by atoms with Crippen molar-refractivity contribution in [3.05, 3.63) is 29.8 Å². The second-order valence-corrected chi connectivity index (χ2v) is 7.54. The van der Waals surface area contributed by atoms with Gasteiger partial charge in [0.15, 0.2) is 12.6 Å². The molecule has 1 aromatic rings. The first-order valence-corrected chi connectivity index (χ1v) is 9.92. The summed E-state index contributed by atoms with van der Waals surface area (Å²) in [7, 11) is 1.74. The van der Waals surface area contributed by atoms with Crippen molar-refractivity contribution in [2.45, 2.75) is 56.9 Å². The van der Waals surface area contributed by atoms with Crippen molar-refractivity contribution in [3.63, 3.8) is 0 Å². The average molecular weight is 526 g/mol. The fourth-order valence-corrected chi connectivity index (χ4v) is 3.95. The van der Waals surface area contributed by atoms with Gasteiger partial charge in [-0.05, 0) is 37.0 Å². The molecule has 2 aliphatic rings. The van der Waals surface area contributed by atoms with Crippen LogP contribution in [0.4, 0.5) is 13.2 Å². The predicted octanol–water partition coefficient (Wildman–Crippen LogP) is 3.93. The quantitative estimate of drug-likeness (QED) is 0.335. The topological polar surface area (TPSA) is 48.9 Å². The molecular formula is C20H30F3IN4O. The largest absolute Gasteiger partial charge is 0.484 e. The monoisotopic (exact) mass is 526 g/mol. The van der Waals surface area contributed by atoms with Crippen LogP contribution in [0.5, 0.6) is 5.75 Å². The summed E-state index contributed by atoms with van der Waals surface area (Å²) in [5.41, 5.74) is 0.946. The van der Waals surface area contributed by atoms with Crippen molar-refractivity contribution in [1.82, 2.24) is 15.5 Å². The molecule has 0 amide bonds. The van der Waals surface area contributed by atoms with Crippen LogP contribution in [0.3, 0.4) is 0 Å². The van der Waals surface area contributed by atoms with Gasteiger partial charge in [-0.3, -0.25) is 9.89 Å². The Labute approximate surface area is 187 Å². The van der Waals surface area contributed by atoms with Gasteiger partial charge in [0.25, 0.3) is 0 Å². The van der Waals surface area contributed by atoms with E-state index in [0.717, 1.165) is 37.1 Å². The number of hydrogen-bond donors (Lipinski definition) is 2. The molecule has 5 nitrogen and oxygen atoms in total. The lowest BCUT2D eigenvalue weighted by Gasteiger charge is -2.24. The van der Waals surface area contributed by atoms with E-state index in [-0.39, 0.29) is 29.7 Å². The Bertz CT molecular complexity index is 648. The number of hydrogen-bond acceptors (Lipinski definition) is 3. The summed E-state index contributed by atoms with van der Waals surface area (Å²) in [6, 6.07) is 7.75. The SMILES string of the molecule is CN=C(NCc1ccc(OCC(F)(F)F)cc1)NC1CCN(C2CCCC2)C1.I. The third kappa shape index (κ3) is 7.84. The Morgan fingerprint density at radius 1 is 1.17 bits per heavy atom. The van der Waals surface area contributed by atoms with Gasteiger partial charge < -0.3 is 15.4 Å². The molecule has 1 saturated heterocycles. The number of benzene rings is 1. The van der Waals surface area contributed by atoms with Crippen molar-refractivity contribution >= 4 is 29.9 Å². The van der Waals surface area contributed by atoms with E-state index in [4.69, 9.17) is 4.74 Å². The van der Waals surface area contributed by atoms with Gasteiger partial charge in [-0.1, -0.05) is 25.0 Å². The summed E-state index contributed by atoms with van der Waals surface area (Å²) in [5.74, 6) is 0.956. The molecule has 1 aliphatic heterocycles. The van der Waals surface area contributed by atoms with E-state index in [2.05, 4.69) is 20.5 Å². The van der Waals surface area contributed by atoms with Gasteiger partial charge in [0.1, 0.15) is 5.75 Å². The number of alkyl halides is 3. The van der Waals surface area contributed by atoms with Gasteiger partial charge in [-0.2, -0.15) is 13.2 Å². The second kappa shape index (κ2) is 11.2. The second-order valence-electron chi connectivity index (χ2n) is 7.54. The third-order valence-corrected chi connectivity index (χ3v) is 5.41. The number of likely N-dealkylation sites (tertiary alicyclic amines) is 1. The van der Waals surface area contributed by atoms with E-state index < -0.39 is 12.8 Å². The first-order chi connectivity index (χ1) is 13.4. The van der Waals surface area contributed by atoms with E-state index in [9.17, 15) is 13.2 Å². The van der Waals surface area contributed by atoms with Crippen molar-refractivity contribution in [1.29, 1.82) is 0 Å². The van der Waals surface area contributed by atoms with Gasteiger partial charge in [-0.25, -0.2) is 0 Å². The third-order valence-electron chi connectivity index (χ3n) is 5.41. The molecule has 2 N–H and O–H groups in total. The number of rotatable bonds is 6. The highest BCUT2D eigenvalue weighted by Crippen LogP contribution is 2.26. The van der Waals surface area contributed by atoms with E-state index in [1.165, 1.54) is 25.7 Å². The fraction of sp³-hybridized carbons (Fsp3) is 0.650. The normalized spacial score (nSPS) is 21.1. The highest BCUT2D eigenvalue weighted by molar-refractivity contribution is 14.0. The molecule has 2 fully saturated rings. The number of halogens is 4. The number of ether oxygens (including phenoxy) is 1. The molecule has 0 radical (unpaired) electrons. The number of guanidine groups is 1. The molecule has 164 valence electrons. The minimum absolute atomic E-state index is 0. The first kappa shape index (κ1) is 24.0. The number of nitrogens with zero attached hydrogens (tertiary/aromatic N) is 2. The summed E-state index contributed by atoms with van der Waals surface area (Å²) in [6.45, 7) is 1.45. The smallest absolute Gasteiger partial charge is 0.422 e. The van der Waals surface area contributed by atoms with Gasteiger partial charge in [0.05, 0.1) is 0 Å². The predicted molar refractivity (Wildman–Crippen MR) is 119 cm³/mol. The summed E-state index contributed by atoms with van der Waals surface area (Å²) in [4.78, 5) is 6.88. The summed E-state index contributed by atoms with van der Waals surface area (Å²) < 4.78 is 41.3. The summed E-state index contributed by atoms with van der Waals surface area (Å²) >= 11 is 0. The number of nitrogens with one attached hydrogen (secondary N) is 2. The average Bonchev–Trinajstić information content (AvgIpc) is 3.35. The summed E-state index contributed by atoms with van der Waals surface area (Å²) in [5, 5.41) is 6.76. The van der Waals surface area contributed by atoms with Crippen LogP contribution >= 0.6 is 24.0 Å². The molecule has 1 unspecified atom stereocenters. The molecule has 1 heterocycles. The maximum atomic E-state index is 12.2. The van der Waals surface area contributed by atoms with Crippen LogP contribution in [-0.4, -0.2) is 55.9 Å². The molecule has 29 heavy (non-hydrogen) atoms. The number of aliphatic imine (C=N–C) groups is 1. The molecule has 1 saturated carbocycles. The van der Waals surface area contributed by atoms with Crippen LogP contribution in [0.15, 0.2) is 29.3 Å². The Balaban J connectivity index is 0.00000300. The molecule has 0 spiro atoms. The maximum Gasteiger partial charge on any atom is 0.422 e. The van der Waals surface area contributed by atoms with E-state index in [0.29, 0.717) is 12.6 Å². The molecule has 9 heteroatoms. The molecule has 1 atom stereocenters. The molecule has 1 aliphatic carbocycles. The molecule has 0 aromatic heterocycles. The Kier molecular flexibility index (Phi) is 9.32. The van der Waals surface area contributed by atoms with Crippen molar-refractivity contribution in [2.75, 3.05) is 26.7 Å². The zero-order valence-corrected chi connectivity index (χ0v) is 19.0. The lowest BCUT2D eigenvalue weighted by molar-refractivity contribution is -0.153. The maximum absolute atomic E-state index is 12.2. The standard InChI is InChI=1S/C20H29F3N4O.HI/c1-24-19(26-16-10-11-27(13-16)17-4-2-3-5-17)25-12-15-6-8-18(9-7-15)28-14-20(21,22)23;/h6-9,16-17H,2-5,10-14H2,1H3,(H2,24,25,26);1H.